The van der Waals surface area contributed by atoms with Crippen LogP contribution in [0.4, 0.5) is 10.1 Å². The van der Waals surface area contributed by atoms with Crippen LogP contribution in [-0.2, 0) is 0 Å². The Bertz CT molecular complexity index is 656. The third kappa shape index (κ3) is 3.25. The standard InChI is InChI=1S/C15H13ClFNO3/c1-20-9-6-7-12(13(8-9)21-2)18-15(19)14-10(16)4-3-5-11(14)17/h3-8H,1-2H3,(H,18,19). The molecule has 0 bridgehead atoms. The molecule has 0 aromatic heterocycles. The maximum absolute atomic E-state index is 13.7. The van der Waals surface area contributed by atoms with E-state index in [1.54, 1.807) is 18.2 Å². The van der Waals surface area contributed by atoms with Crippen molar-refractivity contribution in [1.29, 1.82) is 0 Å². The lowest BCUT2D eigenvalue weighted by Crippen LogP contribution is -2.15. The van der Waals surface area contributed by atoms with Crippen molar-refractivity contribution < 1.29 is 18.7 Å². The number of amides is 1. The van der Waals surface area contributed by atoms with Crippen LogP contribution in [0.2, 0.25) is 5.02 Å². The van der Waals surface area contributed by atoms with Crippen molar-refractivity contribution in [3.8, 4) is 11.5 Å². The predicted octanol–water partition coefficient (Wildman–Crippen LogP) is 3.75. The van der Waals surface area contributed by atoms with E-state index in [1.807, 2.05) is 0 Å². The number of halogens is 2. The third-order valence-electron chi connectivity index (χ3n) is 2.85. The lowest BCUT2D eigenvalue weighted by atomic mass is 10.2. The molecule has 21 heavy (non-hydrogen) atoms. The van der Waals surface area contributed by atoms with Crippen LogP contribution in [0.15, 0.2) is 36.4 Å². The van der Waals surface area contributed by atoms with Gasteiger partial charge in [0, 0.05) is 6.07 Å². The van der Waals surface area contributed by atoms with Crippen LogP contribution in [0, 0.1) is 5.82 Å². The summed E-state index contributed by atoms with van der Waals surface area (Å²) in [6, 6.07) is 8.92. The number of benzene rings is 2. The predicted molar refractivity (Wildman–Crippen MR) is 78.9 cm³/mol. The van der Waals surface area contributed by atoms with Crippen LogP contribution in [0.3, 0.4) is 0 Å². The fraction of sp³-hybridized carbons (Fsp3) is 0.133. The molecule has 0 saturated heterocycles. The molecule has 2 rings (SSSR count). The molecule has 6 heteroatoms. The average Bonchev–Trinajstić information content (AvgIpc) is 2.47. The molecule has 0 aliphatic heterocycles. The van der Waals surface area contributed by atoms with E-state index < -0.39 is 11.7 Å². The number of anilines is 1. The molecule has 2 aromatic carbocycles. The highest BCUT2D eigenvalue weighted by Crippen LogP contribution is 2.30. The monoisotopic (exact) mass is 309 g/mol. The van der Waals surface area contributed by atoms with Crippen molar-refractivity contribution in [1.82, 2.24) is 0 Å². The SMILES string of the molecule is COc1ccc(NC(=O)c2c(F)cccc2Cl)c(OC)c1. The van der Waals surface area contributed by atoms with E-state index in [2.05, 4.69) is 5.32 Å². The second-order valence-corrected chi connectivity index (χ2v) is 4.52. The Kier molecular flexibility index (Phi) is 4.65. The first-order valence-corrected chi connectivity index (χ1v) is 6.42. The fourth-order valence-corrected chi connectivity index (χ4v) is 2.05. The molecule has 0 radical (unpaired) electrons. The number of hydrogen-bond acceptors (Lipinski definition) is 3. The molecule has 0 atom stereocenters. The summed E-state index contributed by atoms with van der Waals surface area (Å²) in [7, 11) is 2.98. The summed E-state index contributed by atoms with van der Waals surface area (Å²) < 4.78 is 23.9. The summed E-state index contributed by atoms with van der Waals surface area (Å²) in [5.41, 5.74) is 0.180. The van der Waals surface area contributed by atoms with Gasteiger partial charge in [0.2, 0.25) is 0 Å². The molecule has 4 nitrogen and oxygen atoms in total. The minimum Gasteiger partial charge on any atom is -0.497 e. The molecule has 1 amide bonds. The minimum absolute atomic E-state index is 0.0416. The van der Waals surface area contributed by atoms with Gasteiger partial charge in [-0.3, -0.25) is 4.79 Å². The number of methoxy groups -OCH3 is 2. The summed E-state index contributed by atoms with van der Waals surface area (Å²) in [5, 5.41) is 2.61. The van der Waals surface area contributed by atoms with Crippen molar-refractivity contribution in [3.63, 3.8) is 0 Å². The Morgan fingerprint density at radius 1 is 1.19 bits per heavy atom. The van der Waals surface area contributed by atoms with Crippen LogP contribution < -0.4 is 14.8 Å². The molecule has 1 N–H and O–H groups in total. The zero-order valence-electron chi connectivity index (χ0n) is 11.4. The summed E-state index contributed by atoms with van der Waals surface area (Å²) in [4.78, 5) is 12.2. The maximum Gasteiger partial charge on any atom is 0.260 e. The smallest absolute Gasteiger partial charge is 0.260 e. The van der Waals surface area contributed by atoms with Gasteiger partial charge >= 0.3 is 0 Å². The molecule has 0 aliphatic carbocycles. The Morgan fingerprint density at radius 2 is 1.95 bits per heavy atom. The molecule has 0 unspecified atom stereocenters. The molecule has 0 fully saturated rings. The number of nitrogens with one attached hydrogen (secondary N) is 1. The van der Waals surface area contributed by atoms with Crippen molar-refractivity contribution in [3.05, 3.63) is 52.8 Å². The van der Waals surface area contributed by atoms with Gasteiger partial charge in [-0.1, -0.05) is 17.7 Å². The zero-order chi connectivity index (χ0) is 15.4. The summed E-state index contributed by atoms with van der Waals surface area (Å²) in [6.45, 7) is 0. The molecule has 2 aromatic rings. The lowest BCUT2D eigenvalue weighted by molar-refractivity contribution is 0.102. The Morgan fingerprint density at radius 3 is 2.57 bits per heavy atom. The van der Waals surface area contributed by atoms with Gasteiger partial charge in [0.15, 0.2) is 0 Å². The fourth-order valence-electron chi connectivity index (χ4n) is 1.80. The van der Waals surface area contributed by atoms with Crippen LogP contribution in [-0.4, -0.2) is 20.1 Å². The van der Waals surface area contributed by atoms with Gasteiger partial charge in [-0.05, 0) is 24.3 Å². The van der Waals surface area contributed by atoms with Gasteiger partial charge < -0.3 is 14.8 Å². The Labute approximate surface area is 126 Å². The average molecular weight is 310 g/mol. The minimum atomic E-state index is -0.688. The van der Waals surface area contributed by atoms with Crippen molar-refractivity contribution in [2.45, 2.75) is 0 Å². The van der Waals surface area contributed by atoms with Crippen LogP contribution in [0.5, 0.6) is 11.5 Å². The van der Waals surface area contributed by atoms with Crippen LogP contribution in [0.25, 0.3) is 0 Å². The largest absolute Gasteiger partial charge is 0.497 e. The van der Waals surface area contributed by atoms with E-state index >= 15 is 0 Å². The summed E-state index contributed by atoms with van der Waals surface area (Å²) >= 11 is 5.86. The number of carbonyl (C=O) groups is 1. The lowest BCUT2D eigenvalue weighted by Gasteiger charge is -2.12. The molecule has 0 saturated carbocycles. The first-order valence-electron chi connectivity index (χ1n) is 6.04. The van der Waals surface area contributed by atoms with Gasteiger partial charge in [-0.2, -0.15) is 0 Å². The van der Waals surface area contributed by atoms with Crippen molar-refractivity contribution >= 4 is 23.2 Å². The first kappa shape index (κ1) is 15.1. The van der Waals surface area contributed by atoms with Crippen LogP contribution in [0.1, 0.15) is 10.4 Å². The Hall–Kier alpha value is -2.27. The maximum atomic E-state index is 13.7. The molecule has 0 aliphatic rings. The topological polar surface area (TPSA) is 47.6 Å². The number of rotatable bonds is 4. The third-order valence-corrected chi connectivity index (χ3v) is 3.16. The highest BCUT2D eigenvalue weighted by molar-refractivity contribution is 6.34. The van der Waals surface area contributed by atoms with E-state index in [-0.39, 0.29) is 10.6 Å². The van der Waals surface area contributed by atoms with Gasteiger partial charge in [0.1, 0.15) is 17.3 Å². The second kappa shape index (κ2) is 6.45. The molecular formula is C15H13ClFNO3. The van der Waals surface area contributed by atoms with Gasteiger partial charge in [-0.25, -0.2) is 4.39 Å². The van der Waals surface area contributed by atoms with Gasteiger partial charge in [0.05, 0.1) is 30.5 Å². The van der Waals surface area contributed by atoms with E-state index in [1.165, 1.54) is 32.4 Å². The molecule has 0 heterocycles. The van der Waals surface area contributed by atoms with Crippen molar-refractivity contribution in [2.24, 2.45) is 0 Å². The van der Waals surface area contributed by atoms with E-state index in [0.29, 0.717) is 17.2 Å². The second-order valence-electron chi connectivity index (χ2n) is 4.12. The van der Waals surface area contributed by atoms with Crippen molar-refractivity contribution in [2.75, 3.05) is 19.5 Å². The van der Waals surface area contributed by atoms with E-state index in [9.17, 15) is 9.18 Å². The highest BCUT2D eigenvalue weighted by atomic mass is 35.5. The van der Waals surface area contributed by atoms with E-state index in [0.717, 1.165) is 0 Å². The van der Waals surface area contributed by atoms with Crippen LogP contribution >= 0.6 is 11.6 Å². The first-order chi connectivity index (χ1) is 10.1. The normalized spacial score (nSPS) is 10.1. The number of hydrogen-bond donors (Lipinski definition) is 1. The quantitative estimate of drug-likeness (QED) is 0.935. The molecule has 110 valence electrons. The number of ether oxygens (including phenoxy) is 2. The van der Waals surface area contributed by atoms with E-state index in [4.69, 9.17) is 21.1 Å². The highest BCUT2D eigenvalue weighted by Gasteiger charge is 2.17. The molecular weight excluding hydrogens is 297 g/mol. The van der Waals surface area contributed by atoms with Gasteiger partial charge in [-0.15, -0.1) is 0 Å². The summed E-state index contributed by atoms with van der Waals surface area (Å²) in [5.74, 6) is -0.363. The zero-order valence-corrected chi connectivity index (χ0v) is 12.2. The molecule has 0 spiro atoms. The number of carbonyl (C=O) groups excluding carboxylic acids is 1. The summed E-state index contributed by atoms with van der Waals surface area (Å²) in [6.07, 6.45) is 0. The van der Waals surface area contributed by atoms with Gasteiger partial charge in [0.25, 0.3) is 5.91 Å². The Balaban J connectivity index is 2.32.